The van der Waals surface area contributed by atoms with Gasteiger partial charge >= 0.3 is 6.03 Å². The van der Waals surface area contributed by atoms with E-state index in [0.29, 0.717) is 16.0 Å². The van der Waals surface area contributed by atoms with Gasteiger partial charge in [0.1, 0.15) is 0 Å². The quantitative estimate of drug-likeness (QED) is 0.652. The lowest BCUT2D eigenvalue weighted by Crippen LogP contribution is -2.24. The van der Waals surface area contributed by atoms with Gasteiger partial charge in [-0.1, -0.05) is 0 Å². The van der Waals surface area contributed by atoms with Crippen LogP contribution in [-0.2, 0) is 0 Å². The van der Waals surface area contributed by atoms with Crippen LogP contribution in [0.3, 0.4) is 0 Å². The van der Waals surface area contributed by atoms with Crippen molar-refractivity contribution in [3.8, 4) is 11.5 Å². The number of halogens is 1. The van der Waals surface area contributed by atoms with Crippen molar-refractivity contribution in [1.82, 2.24) is 5.43 Å². The molecule has 0 spiro atoms. The van der Waals surface area contributed by atoms with Crippen molar-refractivity contribution in [1.29, 1.82) is 0 Å². The van der Waals surface area contributed by atoms with E-state index in [9.17, 15) is 4.79 Å². The maximum Gasteiger partial charge on any atom is 0.332 e. The largest absolute Gasteiger partial charge is 0.493 e. The Bertz CT molecular complexity index is 449. The van der Waals surface area contributed by atoms with Crippen LogP contribution in [0.25, 0.3) is 0 Å². The van der Waals surface area contributed by atoms with Crippen molar-refractivity contribution in [2.24, 2.45) is 10.8 Å². The molecule has 0 aliphatic heterocycles. The molecule has 1 aromatic rings. The molecule has 1 aromatic carbocycles. The van der Waals surface area contributed by atoms with Gasteiger partial charge in [0, 0.05) is 5.56 Å². The normalized spacial score (nSPS) is 10.3. The van der Waals surface area contributed by atoms with Crippen molar-refractivity contribution in [2.45, 2.75) is 0 Å². The maximum absolute atomic E-state index is 10.4. The zero-order valence-corrected chi connectivity index (χ0v) is 10.9. The molecule has 0 atom stereocenters. The standard InChI is InChI=1S/C10H12BrN3O3/c1-16-7-4-3-6(5-13-14-10(12)15)8(11)9(7)17-2/h3-5H,1-2H3,(H3,12,14,15)/b13-5-. The second kappa shape index (κ2) is 6.09. The lowest BCUT2D eigenvalue weighted by Gasteiger charge is -2.10. The number of carbonyl (C=O) groups is 1. The first-order chi connectivity index (χ1) is 8.10. The number of nitrogens with zero attached hydrogens (tertiary/aromatic N) is 1. The smallest absolute Gasteiger partial charge is 0.332 e. The number of rotatable bonds is 4. The van der Waals surface area contributed by atoms with Crippen LogP contribution in [0.15, 0.2) is 21.7 Å². The summed E-state index contributed by atoms with van der Waals surface area (Å²) in [6.07, 6.45) is 1.44. The van der Waals surface area contributed by atoms with E-state index in [4.69, 9.17) is 15.2 Å². The molecule has 0 radical (unpaired) electrons. The van der Waals surface area contributed by atoms with Crippen LogP contribution < -0.4 is 20.6 Å². The molecule has 0 saturated heterocycles. The van der Waals surface area contributed by atoms with Crippen molar-refractivity contribution >= 4 is 28.2 Å². The highest BCUT2D eigenvalue weighted by molar-refractivity contribution is 9.10. The van der Waals surface area contributed by atoms with E-state index < -0.39 is 6.03 Å². The number of nitrogens with one attached hydrogen (secondary N) is 1. The lowest BCUT2D eigenvalue weighted by atomic mass is 10.2. The number of hydrogen-bond donors (Lipinski definition) is 2. The lowest BCUT2D eigenvalue weighted by molar-refractivity contribution is 0.249. The number of amides is 2. The number of benzene rings is 1. The zero-order valence-electron chi connectivity index (χ0n) is 9.36. The van der Waals surface area contributed by atoms with Crippen molar-refractivity contribution < 1.29 is 14.3 Å². The van der Waals surface area contributed by atoms with Gasteiger partial charge in [-0.3, -0.25) is 0 Å². The first-order valence-corrected chi connectivity index (χ1v) is 5.38. The summed E-state index contributed by atoms with van der Waals surface area (Å²) in [5.41, 5.74) is 7.70. The molecule has 2 amide bonds. The number of carbonyl (C=O) groups excluding carboxylic acids is 1. The zero-order chi connectivity index (χ0) is 12.8. The summed E-state index contributed by atoms with van der Waals surface area (Å²) in [6, 6.07) is 2.77. The Labute approximate surface area is 107 Å². The fourth-order valence-corrected chi connectivity index (χ4v) is 1.76. The van der Waals surface area contributed by atoms with Gasteiger partial charge in [0.05, 0.1) is 24.9 Å². The van der Waals surface area contributed by atoms with Crippen molar-refractivity contribution in [3.63, 3.8) is 0 Å². The highest BCUT2D eigenvalue weighted by Gasteiger charge is 2.11. The molecule has 7 heteroatoms. The van der Waals surface area contributed by atoms with E-state index in [1.54, 1.807) is 19.2 Å². The topological polar surface area (TPSA) is 85.9 Å². The van der Waals surface area contributed by atoms with Gasteiger partial charge in [-0.05, 0) is 28.1 Å². The molecule has 6 nitrogen and oxygen atoms in total. The monoisotopic (exact) mass is 301 g/mol. The minimum Gasteiger partial charge on any atom is -0.493 e. The van der Waals surface area contributed by atoms with Gasteiger partial charge in [-0.15, -0.1) is 0 Å². The number of methoxy groups -OCH3 is 2. The van der Waals surface area contributed by atoms with Gasteiger partial charge in [0.25, 0.3) is 0 Å². The number of ether oxygens (including phenoxy) is 2. The average Bonchev–Trinajstić information content (AvgIpc) is 2.30. The fraction of sp³-hybridized carbons (Fsp3) is 0.200. The fourth-order valence-electron chi connectivity index (χ4n) is 1.17. The number of primary amides is 1. The maximum atomic E-state index is 10.4. The summed E-state index contributed by atoms with van der Waals surface area (Å²) in [4.78, 5) is 10.4. The third-order valence-electron chi connectivity index (χ3n) is 1.89. The van der Waals surface area contributed by atoms with Crippen LogP contribution in [0, 0.1) is 0 Å². The van der Waals surface area contributed by atoms with Crippen LogP contribution in [0.4, 0.5) is 4.79 Å². The Kier molecular flexibility index (Phi) is 4.77. The molecule has 0 aromatic heterocycles. The molecule has 92 valence electrons. The van der Waals surface area contributed by atoms with Gasteiger partial charge in [-0.2, -0.15) is 5.10 Å². The van der Waals surface area contributed by atoms with E-state index in [2.05, 4.69) is 26.5 Å². The van der Waals surface area contributed by atoms with E-state index >= 15 is 0 Å². The first-order valence-electron chi connectivity index (χ1n) is 4.59. The molecular weight excluding hydrogens is 290 g/mol. The van der Waals surface area contributed by atoms with Gasteiger partial charge < -0.3 is 15.2 Å². The third kappa shape index (κ3) is 3.35. The molecule has 0 unspecified atom stereocenters. The highest BCUT2D eigenvalue weighted by atomic mass is 79.9. The highest BCUT2D eigenvalue weighted by Crippen LogP contribution is 2.36. The molecule has 1 rings (SSSR count). The molecule has 0 bridgehead atoms. The third-order valence-corrected chi connectivity index (χ3v) is 2.71. The summed E-state index contributed by atoms with van der Waals surface area (Å²) in [6.45, 7) is 0. The van der Waals surface area contributed by atoms with Crippen molar-refractivity contribution in [2.75, 3.05) is 14.2 Å². The summed E-state index contributed by atoms with van der Waals surface area (Å²) in [7, 11) is 3.08. The predicted molar refractivity (Wildman–Crippen MR) is 67.6 cm³/mol. The Morgan fingerprint density at radius 1 is 1.47 bits per heavy atom. The molecular formula is C10H12BrN3O3. The van der Waals surface area contributed by atoms with E-state index in [1.165, 1.54) is 13.3 Å². The number of urea groups is 1. The SMILES string of the molecule is COc1ccc(/C=N\NC(N)=O)c(Br)c1OC. The summed E-state index contributed by atoms with van der Waals surface area (Å²) in [5, 5.41) is 3.66. The summed E-state index contributed by atoms with van der Waals surface area (Å²) in [5.74, 6) is 1.15. The molecule has 0 fully saturated rings. The number of hydrogen-bond acceptors (Lipinski definition) is 4. The van der Waals surface area contributed by atoms with E-state index in [0.717, 1.165) is 5.56 Å². The summed E-state index contributed by atoms with van der Waals surface area (Å²) < 4.78 is 11.0. The second-order valence-electron chi connectivity index (χ2n) is 2.94. The van der Waals surface area contributed by atoms with Crippen LogP contribution in [0.1, 0.15) is 5.56 Å². The number of hydrazone groups is 1. The minimum atomic E-state index is -0.724. The molecule has 3 N–H and O–H groups in total. The van der Waals surface area contributed by atoms with Gasteiger partial charge in [0.15, 0.2) is 11.5 Å². The van der Waals surface area contributed by atoms with Crippen LogP contribution >= 0.6 is 15.9 Å². The van der Waals surface area contributed by atoms with E-state index in [1.807, 2.05) is 0 Å². The molecule has 0 aliphatic rings. The molecule has 0 saturated carbocycles. The van der Waals surface area contributed by atoms with Crippen LogP contribution in [0.2, 0.25) is 0 Å². The molecule has 0 heterocycles. The average molecular weight is 302 g/mol. The Morgan fingerprint density at radius 3 is 2.71 bits per heavy atom. The Morgan fingerprint density at radius 2 is 2.18 bits per heavy atom. The van der Waals surface area contributed by atoms with Crippen molar-refractivity contribution in [3.05, 3.63) is 22.2 Å². The van der Waals surface area contributed by atoms with Gasteiger partial charge in [0.2, 0.25) is 0 Å². The minimum absolute atomic E-state index is 0.551. The van der Waals surface area contributed by atoms with Gasteiger partial charge in [-0.25, -0.2) is 10.2 Å². The Hall–Kier alpha value is -1.76. The molecule has 0 aliphatic carbocycles. The Balaban J connectivity index is 3.02. The second-order valence-corrected chi connectivity index (χ2v) is 3.73. The summed E-state index contributed by atoms with van der Waals surface area (Å²) >= 11 is 3.36. The predicted octanol–water partition coefficient (Wildman–Crippen LogP) is 1.47. The van der Waals surface area contributed by atoms with Crippen LogP contribution in [-0.4, -0.2) is 26.5 Å². The number of nitrogens with two attached hydrogens (primary N) is 1. The molecule has 17 heavy (non-hydrogen) atoms. The van der Waals surface area contributed by atoms with Crippen LogP contribution in [0.5, 0.6) is 11.5 Å². The first kappa shape index (κ1) is 13.3. The van der Waals surface area contributed by atoms with E-state index in [-0.39, 0.29) is 0 Å².